The van der Waals surface area contributed by atoms with Crippen LogP contribution in [0.5, 0.6) is 0 Å². The van der Waals surface area contributed by atoms with Crippen LogP contribution in [-0.4, -0.2) is 29.6 Å². The van der Waals surface area contributed by atoms with Crippen molar-refractivity contribution in [1.29, 1.82) is 0 Å². The van der Waals surface area contributed by atoms with Crippen LogP contribution in [0.1, 0.15) is 25.5 Å². The lowest BCUT2D eigenvalue weighted by atomic mass is 9.93. The van der Waals surface area contributed by atoms with E-state index in [4.69, 9.17) is 0 Å². The SMILES string of the molecule is CCN(CC)CC(O)c1c2ccccc2cc2ccccc12. The fraction of sp³-hybridized carbons (Fsp3) is 0.300. The molecule has 0 fully saturated rings. The standard InChI is InChI=1S/C20H23NO/c1-3-21(4-2)14-19(22)20-17-11-7-5-9-15(17)13-16-10-6-8-12-18(16)20/h5-13,19,22H,3-4,14H2,1-2H3. The Labute approximate surface area is 132 Å². The largest absolute Gasteiger partial charge is 0.387 e. The second-order valence-corrected chi connectivity index (χ2v) is 5.73. The van der Waals surface area contributed by atoms with E-state index in [2.05, 4.69) is 61.2 Å². The van der Waals surface area contributed by atoms with Crippen LogP contribution in [0.4, 0.5) is 0 Å². The molecular formula is C20H23NO. The predicted molar refractivity (Wildman–Crippen MR) is 94.2 cm³/mol. The second kappa shape index (κ2) is 6.47. The topological polar surface area (TPSA) is 23.5 Å². The van der Waals surface area contributed by atoms with Gasteiger partial charge in [-0.25, -0.2) is 0 Å². The van der Waals surface area contributed by atoms with Crippen LogP contribution in [0, 0.1) is 0 Å². The third kappa shape index (κ3) is 2.72. The summed E-state index contributed by atoms with van der Waals surface area (Å²) in [6, 6.07) is 18.9. The van der Waals surface area contributed by atoms with Gasteiger partial charge in [-0.2, -0.15) is 0 Å². The van der Waals surface area contributed by atoms with E-state index >= 15 is 0 Å². The Balaban J connectivity index is 2.19. The van der Waals surface area contributed by atoms with Gasteiger partial charge >= 0.3 is 0 Å². The van der Waals surface area contributed by atoms with E-state index in [1.165, 1.54) is 10.8 Å². The highest BCUT2D eigenvalue weighted by atomic mass is 16.3. The van der Waals surface area contributed by atoms with E-state index in [0.717, 1.165) is 29.4 Å². The predicted octanol–water partition coefficient (Wildman–Crippen LogP) is 4.37. The molecule has 0 saturated heterocycles. The molecule has 3 aromatic carbocycles. The molecule has 0 aliphatic rings. The van der Waals surface area contributed by atoms with Crippen molar-refractivity contribution in [2.75, 3.05) is 19.6 Å². The van der Waals surface area contributed by atoms with Crippen molar-refractivity contribution in [2.24, 2.45) is 0 Å². The van der Waals surface area contributed by atoms with Gasteiger partial charge in [0, 0.05) is 6.54 Å². The summed E-state index contributed by atoms with van der Waals surface area (Å²) in [6.45, 7) is 6.85. The number of aliphatic hydroxyl groups excluding tert-OH is 1. The zero-order valence-electron chi connectivity index (χ0n) is 13.3. The number of likely N-dealkylation sites (N-methyl/N-ethyl adjacent to an activating group) is 1. The minimum absolute atomic E-state index is 0.476. The minimum atomic E-state index is -0.476. The Morgan fingerprint density at radius 3 is 1.86 bits per heavy atom. The van der Waals surface area contributed by atoms with E-state index < -0.39 is 6.10 Å². The van der Waals surface area contributed by atoms with Crippen molar-refractivity contribution in [2.45, 2.75) is 20.0 Å². The number of hydrogen-bond donors (Lipinski definition) is 1. The van der Waals surface area contributed by atoms with Gasteiger partial charge in [0.05, 0.1) is 6.10 Å². The van der Waals surface area contributed by atoms with E-state index in [1.807, 2.05) is 12.1 Å². The highest BCUT2D eigenvalue weighted by Gasteiger charge is 2.17. The molecule has 0 aliphatic heterocycles. The van der Waals surface area contributed by atoms with Gasteiger partial charge in [0.25, 0.3) is 0 Å². The van der Waals surface area contributed by atoms with Gasteiger partial charge in [0.2, 0.25) is 0 Å². The van der Waals surface area contributed by atoms with Crippen LogP contribution < -0.4 is 0 Å². The third-order valence-corrected chi connectivity index (χ3v) is 4.47. The van der Waals surface area contributed by atoms with Gasteiger partial charge in [0.15, 0.2) is 0 Å². The summed E-state index contributed by atoms with van der Waals surface area (Å²) >= 11 is 0. The third-order valence-electron chi connectivity index (χ3n) is 4.47. The van der Waals surface area contributed by atoms with Crippen LogP contribution in [0.15, 0.2) is 54.6 Å². The van der Waals surface area contributed by atoms with Crippen LogP contribution in [0.2, 0.25) is 0 Å². The lowest BCUT2D eigenvalue weighted by Gasteiger charge is -2.24. The molecule has 3 rings (SSSR count). The molecule has 0 heterocycles. The number of aliphatic hydroxyl groups is 1. The van der Waals surface area contributed by atoms with Crippen molar-refractivity contribution in [3.8, 4) is 0 Å². The zero-order chi connectivity index (χ0) is 15.5. The molecule has 3 aromatic rings. The molecule has 2 heteroatoms. The number of hydrogen-bond acceptors (Lipinski definition) is 2. The Morgan fingerprint density at radius 2 is 1.36 bits per heavy atom. The molecule has 0 saturated carbocycles. The van der Waals surface area contributed by atoms with Crippen LogP contribution >= 0.6 is 0 Å². The Kier molecular flexibility index (Phi) is 4.41. The Bertz CT molecular complexity index is 723. The van der Waals surface area contributed by atoms with Gasteiger partial charge in [-0.1, -0.05) is 62.4 Å². The summed E-state index contributed by atoms with van der Waals surface area (Å²) in [5, 5.41) is 15.6. The highest BCUT2D eigenvalue weighted by molar-refractivity contribution is 6.02. The maximum atomic E-state index is 10.9. The summed E-state index contributed by atoms with van der Waals surface area (Å²) in [7, 11) is 0. The molecule has 2 nitrogen and oxygen atoms in total. The fourth-order valence-corrected chi connectivity index (χ4v) is 3.23. The number of benzene rings is 3. The van der Waals surface area contributed by atoms with E-state index in [9.17, 15) is 5.11 Å². The average Bonchev–Trinajstić information content (AvgIpc) is 2.57. The van der Waals surface area contributed by atoms with Gasteiger partial charge in [-0.3, -0.25) is 0 Å². The van der Waals surface area contributed by atoms with E-state index in [-0.39, 0.29) is 0 Å². The summed E-state index contributed by atoms with van der Waals surface area (Å²) < 4.78 is 0. The first kappa shape index (κ1) is 15.0. The first-order chi connectivity index (χ1) is 10.7. The zero-order valence-corrected chi connectivity index (χ0v) is 13.3. The number of fused-ring (bicyclic) bond motifs is 2. The fourth-order valence-electron chi connectivity index (χ4n) is 3.23. The van der Waals surface area contributed by atoms with Crippen LogP contribution in [-0.2, 0) is 0 Å². The first-order valence-corrected chi connectivity index (χ1v) is 8.05. The monoisotopic (exact) mass is 293 g/mol. The molecule has 0 spiro atoms. The average molecular weight is 293 g/mol. The molecule has 1 unspecified atom stereocenters. The van der Waals surface area contributed by atoms with Gasteiger partial charge < -0.3 is 10.0 Å². The second-order valence-electron chi connectivity index (χ2n) is 5.73. The molecule has 0 aliphatic carbocycles. The van der Waals surface area contributed by atoms with Gasteiger partial charge in [0.1, 0.15) is 0 Å². The van der Waals surface area contributed by atoms with Crippen LogP contribution in [0.3, 0.4) is 0 Å². The normalized spacial score (nSPS) is 13.1. The van der Waals surface area contributed by atoms with Crippen LogP contribution in [0.25, 0.3) is 21.5 Å². The maximum absolute atomic E-state index is 10.9. The van der Waals surface area contributed by atoms with Gasteiger partial charge in [-0.05, 0) is 46.3 Å². The molecule has 22 heavy (non-hydrogen) atoms. The van der Waals surface area contributed by atoms with E-state index in [1.54, 1.807) is 0 Å². The molecule has 0 radical (unpaired) electrons. The molecule has 0 aromatic heterocycles. The van der Waals surface area contributed by atoms with Gasteiger partial charge in [-0.15, -0.1) is 0 Å². The minimum Gasteiger partial charge on any atom is -0.387 e. The molecular weight excluding hydrogens is 270 g/mol. The lowest BCUT2D eigenvalue weighted by Crippen LogP contribution is -2.28. The van der Waals surface area contributed by atoms with Crippen molar-refractivity contribution < 1.29 is 5.11 Å². The van der Waals surface area contributed by atoms with E-state index in [0.29, 0.717) is 6.54 Å². The lowest BCUT2D eigenvalue weighted by molar-refractivity contribution is 0.121. The quantitative estimate of drug-likeness (QED) is 0.706. The first-order valence-electron chi connectivity index (χ1n) is 8.05. The Hall–Kier alpha value is -1.90. The smallest absolute Gasteiger partial charge is 0.0928 e. The molecule has 0 amide bonds. The number of nitrogens with zero attached hydrogens (tertiary/aromatic N) is 1. The number of rotatable bonds is 5. The van der Waals surface area contributed by atoms with Crippen molar-refractivity contribution in [1.82, 2.24) is 4.90 Å². The van der Waals surface area contributed by atoms with Crippen molar-refractivity contribution in [3.05, 3.63) is 60.2 Å². The van der Waals surface area contributed by atoms with Crippen molar-refractivity contribution >= 4 is 21.5 Å². The maximum Gasteiger partial charge on any atom is 0.0928 e. The summed E-state index contributed by atoms with van der Waals surface area (Å²) in [5.41, 5.74) is 1.06. The summed E-state index contributed by atoms with van der Waals surface area (Å²) in [4.78, 5) is 2.27. The van der Waals surface area contributed by atoms with Crippen molar-refractivity contribution in [3.63, 3.8) is 0 Å². The Morgan fingerprint density at radius 1 is 0.864 bits per heavy atom. The molecule has 1 atom stereocenters. The molecule has 1 N–H and O–H groups in total. The molecule has 114 valence electrons. The summed E-state index contributed by atoms with van der Waals surface area (Å²) in [6.07, 6.45) is -0.476. The summed E-state index contributed by atoms with van der Waals surface area (Å²) in [5.74, 6) is 0. The molecule has 0 bridgehead atoms. The highest BCUT2D eigenvalue weighted by Crippen LogP contribution is 2.33.